The Labute approximate surface area is 748 Å². The minimum atomic E-state index is -5.85. The number of nitrogens with zero attached hydrogens (tertiary/aromatic N) is 2. The van der Waals surface area contributed by atoms with Gasteiger partial charge in [0.2, 0.25) is 0 Å². The normalized spacial score (nSPS) is 21.0. The van der Waals surface area contributed by atoms with Crippen molar-refractivity contribution in [2.45, 2.75) is 138 Å². The van der Waals surface area contributed by atoms with E-state index >= 15 is 0 Å². The Balaban J connectivity index is 0.000000126. The average molecular weight is 1740 g/mol. The number of allylic oxidation sites excluding steroid dienone is 1. The molecule has 3 N–H and O–H groups in total. The molecule has 18 heteroatoms. The zero-order valence-corrected chi connectivity index (χ0v) is 74.3. The fourth-order valence-electron chi connectivity index (χ4n) is 20.3. The topological polar surface area (TPSA) is 185 Å². The SMILES string of the molecule is C=C1CC(c2ccccc2)(c2cc(OC)ccc2OC)C1.CC1CC(c2ccccc2)(c2cc(O)ccc2O)C1.CC1CC(c2ccccc2)(c2cc(OCc3ccc4ccccc4n3)ccc2O)C1.CC1CC(c2ccccc2)(c2cc(OCc3ccc4ccccc4n3)ccc2OS(=O)(=O)C(F)(F)F)C1.COc1ccc(OC)c(C2(c3ccccc3)CC(C)C2)c1. The predicted molar refractivity (Wildman–Crippen MR) is 499 cm³/mol. The highest BCUT2D eigenvalue weighted by Crippen LogP contribution is 2.60. The summed E-state index contributed by atoms with van der Waals surface area (Å²) in [5, 5.41) is 32.7. The van der Waals surface area contributed by atoms with Crippen LogP contribution in [0.25, 0.3) is 21.8 Å². The van der Waals surface area contributed by atoms with Crippen molar-refractivity contribution in [3.8, 4) is 57.5 Å². The van der Waals surface area contributed by atoms with Crippen molar-refractivity contribution in [3.63, 3.8) is 0 Å². The third-order valence-electron chi connectivity index (χ3n) is 26.2. The van der Waals surface area contributed by atoms with Gasteiger partial charge in [0.15, 0.2) is 0 Å². The second kappa shape index (κ2) is 38.2. The molecule has 128 heavy (non-hydrogen) atoms. The van der Waals surface area contributed by atoms with E-state index in [9.17, 15) is 36.9 Å². The lowest BCUT2D eigenvalue weighted by Crippen LogP contribution is -2.42. The van der Waals surface area contributed by atoms with E-state index in [4.69, 9.17) is 28.4 Å². The van der Waals surface area contributed by atoms with Gasteiger partial charge < -0.3 is 47.9 Å². The molecule has 5 aliphatic rings. The van der Waals surface area contributed by atoms with Crippen molar-refractivity contribution >= 4 is 31.9 Å². The van der Waals surface area contributed by atoms with Gasteiger partial charge in [0, 0.05) is 65.7 Å². The number of phenolic OH excluding ortho intramolecular Hbond substituents is 3. The third-order valence-corrected chi connectivity index (χ3v) is 27.1. The fourth-order valence-corrected chi connectivity index (χ4v) is 20.8. The van der Waals surface area contributed by atoms with Crippen LogP contribution in [0.1, 0.15) is 159 Å². The summed E-state index contributed by atoms with van der Waals surface area (Å²) in [5.41, 5.74) is 8.68. The van der Waals surface area contributed by atoms with Crippen molar-refractivity contribution in [1.82, 2.24) is 9.97 Å². The molecule has 2 aromatic heterocycles. The van der Waals surface area contributed by atoms with E-state index in [0.717, 1.165) is 130 Å². The number of aromatic nitrogens is 2. The van der Waals surface area contributed by atoms with Gasteiger partial charge in [-0.05, 0) is 231 Å². The Kier molecular flexibility index (Phi) is 26.8. The molecule has 0 radical (unpaired) electrons. The molecule has 0 unspecified atom stereocenters. The molecule has 0 amide bonds. The molecule has 14 aromatic rings. The average Bonchev–Trinajstić information content (AvgIpc) is 0.807. The van der Waals surface area contributed by atoms with E-state index in [1.807, 2.05) is 165 Å². The molecule has 0 atom stereocenters. The summed E-state index contributed by atoms with van der Waals surface area (Å²) in [4.78, 5) is 9.27. The molecule has 0 saturated heterocycles. The lowest BCUT2D eigenvalue weighted by molar-refractivity contribution is -0.0500. The van der Waals surface area contributed by atoms with Crippen LogP contribution in [0.4, 0.5) is 13.2 Å². The van der Waals surface area contributed by atoms with Gasteiger partial charge in [-0.2, -0.15) is 21.6 Å². The number of hydrogen-bond donors (Lipinski definition) is 3. The maximum Gasteiger partial charge on any atom is 0.534 e. The number of pyridine rings is 2. The van der Waals surface area contributed by atoms with Crippen LogP contribution in [-0.2, 0) is 50.4 Å². The fraction of sp³-hybridized carbons (Fsp3) is 0.273. The molecular weight excluding hydrogens is 1630 g/mol. The summed E-state index contributed by atoms with van der Waals surface area (Å²) >= 11 is 0. The third kappa shape index (κ3) is 18.9. The Morgan fingerprint density at radius 3 is 1.02 bits per heavy atom. The number of alkyl halides is 3. The Bertz CT molecular complexity index is 6290. The van der Waals surface area contributed by atoms with Crippen LogP contribution in [0.3, 0.4) is 0 Å². The van der Waals surface area contributed by atoms with E-state index in [1.54, 1.807) is 52.7 Å². The quantitative estimate of drug-likeness (QED) is 0.0252. The van der Waals surface area contributed by atoms with Gasteiger partial charge in [-0.1, -0.05) is 240 Å². The van der Waals surface area contributed by atoms with Gasteiger partial charge in [-0.25, -0.2) is 9.97 Å². The first-order valence-corrected chi connectivity index (χ1v) is 45.0. The van der Waals surface area contributed by atoms with Crippen LogP contribution < -0.4 is 32.6 Å². The smallest absolute Gasteiger partial charge is 0.508 e. The highest BCUT2D eigenvalue weighted by molar-refractivity contribution is 7.88. The summed E-state index contributed by atoms with van der Waals surface area (Å²) in [6, 6.07) is 102. The molecule has 2 heterocycles. The first kappa shape index (κ1) is 89.8. The van der Waals surface area contributed by atoms with Crippen LogP contribution in [0, 0.1) is 23.7 Å². The van der Waals surface area contributed by atoms with E-state index in [1.165, 1.54) is 57.2 Å². The maximum atomic E-state index is 13.2. The van der Waals surface area contributed by atoms with Crippen molar-refractivity contribution < 1.29 is 69.5 Å². The number of fused-ring (bicyclic) bond motifs is 2. The van der Waals surface area contributed by atoms with Gasteiger partial charge in [-0.3, -0.25) is 0 Å². The van der Waals surface area contributed by atoms with Crippen LogP contribution in [0.15, 0.2) is 328 Å². The molecule has 658 valence electrons. The van der Waals surface area contributed by atoms with E-state index in [2.05, 4.69) is 157 Å². The summed E-state index contributed by atoms with van der Waals surface area (Å²) in [7, 11) is 1.02. The minimum Gasteiger partial charge on any atom is -0.508 e. The van der Waals surface area contributed by atoms with Crippen molar-refractivity contribution in [2.75, 3.05) is 28.4 Å². The Morgan fingerprint density at radius 2 is 0.656 bits per heavy atom. The summed E-state index contributed by atoms with van der Waals surface area (Å²) in [6.07, 6.45) is 9.54. The van der Waals surface area contributed by atoms with Gasteiger partial charge in [-0.15, -0.1) is 0 Å². The van der Waals surface area contributed by atoms with Crippen molar-refractivity contribution in [1.29, 1.82) is 0 Å². The molecule has 0 spiro atoms. The largest absolute Gasteiger partial charge is 0.534 e. The second-order valence-corrected chi connectivity index (χ2v) is 36.7. The first-order chi connectivity index (χ1) is 61.7. The number of ether oxygens (including phenoxy) is 6. The molecule has 19 rings (SSSR count). The highest BCUT2D eigenvalue weighted by Gasteiger charge is 2.53. The lowest BCUT2D eigenvalue weighted by atomic mass is 9.56. The Morgan fingerprint density at radius 1 is 0.352 bits per heavy atom. The number of methoxy groups -OCH3 is 4. The zero-order valence-electron chi connectivity index (χ0n) is 73.5. The number of benzene rings is 12. The van der Waals surface area contributed by atoms with Crippen molar-refractivity contribution in [2.24, 2.45) is 23.7 Å². The Hall–Kier alpha value is -13.1. The van der Waals surface area contributed by atoms with Crippen molar-refractivity contribution in [3.05, 3.63) is 395 Å². The number of aromatic hydroxyl groups is 3. The number of rotatable bonds is 22. The number of hydrogen-bond acceptors (Lipinski definition) is 14. The van der Waals surface area contributed by atoms with Crippen LogP contribution in [0.5, 0.6) is 57.5 Å². The lowest BCUT2D eigenvalue weighted by Gasteiger charge is -2.48. The van der Waals surface area contributed by atoms with Crippen LogP contribution in [-0.4, -0.2) is 67.7 Å². The molecule has 5 aliphatic carbocycles. The van der Waals surface area contributed by atoms with Crippen LogP contribution in [0.2, 0.25) is 0 Å². The van der Waals surface area contributed by atoms with Gasteiger partial charge in [0.05, 0.1) is 50.9 Å². The molecule has 5 fully saturated rings. The predicted octanol–water partition coefficient (Wildman–Crippen LogP) is 25.6. The van der Waals surface area contributed by atoms with Gasteiger partial charge in [0.25, 0.3) is 0 Å². The van der Waals surface area contributed by atoms with E-state index in [0.29, 0.717) is 60.0 Å². The van der Waals surface area contributed by atoms with Crippen LogP contribution >= 0.6 is 0 Å². The first-order valence-electron chi connectivity index (χ1n) is 43.6. The minimum absolute atomic E-state index is 0.0434. The molecule has 0 bridgehead atoms. The highest BCUT2D eigenvalue weighted by atomic mass is 32.2. The summed E-state index contributed by atoms with van der Waals surface area (Å²) < 4.78 is 102. The molecular formula is C110H109F3N2O12S. The van der Waals surface area contributed by atoms with E-state index in [-0.39, 0.29) is 45.5 Å². The standard InChI is InChI=1S/C28H24F3NO4S.C27H25NO2.C19H22O2.C19H20O2.C17H18O2/c1-19-16-27(17-19,21-8-3-2-4-9-21)24-15-23(13-14-26(24)36-37(33,34)28(29,30)31)35-18-22-12-11-20-7-5-6-10-25(20)32-22;1-19-16-27(17-19,21-8-3-2-4-9-21)24-15-23(13-14-26(24)29)30-18-22-12-11-20-7-5-6-10-25(20)28-22;2*1-14-12-19(13-14,15-7-5-4-6-8-15)17-11-16(20-2)9-10-18(17)21-3;1-12-10-17(11-12,13-5-3-2-4-6-13)15-9-14(18)7-8-16(15)19/h2-15,19H,16-18H2,1H3;2-15,19,29H,16-18H2,1H3;4-11,14H,12-13H2,1-3H3;4-11H,1,12-13H2,2-3H3;2-9,12,18-19H,10-11H2,1H3. The molecule has 5 saturated carbocycles. The number of phenols is 3. The van der Waals surface area contributed by atoms with E-state index < -0.39 is 21.0 Å². The second-order valence-electron chi connectivity index (χ2n) is 35.1. The maximum absolute atomic E-state index is 13.2. The van der Waals surface area contributed by atoms with Gasteiger partial charge >= 0.3 is 15.6 Å². The summed E-state index contributed by atoms with van der Waals surface area (Å²) in [5.74, 6) is 7.50. The molecule has 14 nitrogen and oxygen atoms in total. The van der Waals surface area contributed by atoms with Gasteiger partial charge in [0.1, 0.15) is 70.7 Å². The monoisotopic (exact) mass is 1740 g/mol. The molecule has 0 aliphatic heterocycles. The summed E-state index contributed by atoms with van der Waals surface area (Å²) in [6.45, 7) is 13.5. The molecule has 12 aromatic carbocycles. The zero-order chi connectivity index (χ0) is 90.0. The number of para-hydroxylation sites is 2. The number of halogens is 3.